The molecule has 0 radical (unpaired) electrons. The van der Waals surface area contributed by atoms with E-state index < -0.39 is 0 Å². The molecule has 0 bridgehead atoms. The minimum absolute atomic E-state index is 0.0574. The standard InChI is InChI=1S/C14H21N3O2.C2H6/c1-2-11-9-15-12(13(18)16-11)17-6-3-14(4-7-17)5-8-19-10-14;1-2/h9H,2-8,10H2,1H3,(H,16,18);1-2H3. The second-order valence-electron chi connectivity index (χ2n) is 5.70. The lowest BCUT2D eigenvalue weighted by Crippen LogP contribution is -2.43. The van der Waals surface area contributed by atoms with Crippen LogP contribution in [0.2, 0.25) is 0 Å². The van der Waals surface area contributed by atoms with Crippen LogP contribution in [0, 0.1) is 5.41 Å². The Morgan fingerprint density at radius 2 is 2.05 bits per heavy atom. The molecule has 118 valence electrons. The van der Waals surface area contributed by atoms with Gasteiger partial charge in [0.2, 0.25) is 0 Å². The zero-order valence-electron chi connectivity index (χ0n) is 13.4. The van der Waals surface area contributed by atoms with Gasteiger partial charge >= 0.3 is 0 Å². The van der Waals surface area contributed by atoms with Crippen LogP contribution in [0.4, 0.5) is 5.82 Å². The first-order valence-electron chi connectivity index (χ1n) is 8.13. The quantitative estimate of drug-likeness (QED) is 0.909. The van der Waals surface area contributed by atoms with Gasteiger partial charge < -0.3 is 14.6 Å². The molecule has 2 aliphatic heterocycles. The van der Waals surface area contributed by atoms with Crippen molar-refractivity contribution in [3.8, 4) is 0 Å². The Labute approximate surface area is 126 Å². The van der Waals surface area contributed by atoms with E-state index in [1.807, 2.05) is 20.8 Å². The number of anilines is 1. The number of rotatable bonds is 2. The molecule has 0 aliphatic carbocycles. The van der Waals surface area contributed by atoms with Gasteiger partial charge in [0.1, 0.15) is 0 Å². The molecule has 0 aromatic carbocycles. The first-order chi connectivity index (χ1) is 10.2. The summed E-state index contributed by atoms with van der Waals surface area (Å²) in [5.74, 6) is 0.575. The molecular weight excluding hydrogens is 266 g/mol. The summed E-state index contributed by atoms with van der Waals surface area (Å²) in [4.78, 5) is 21.4. The number of nitrogens with zero attached hydrogens (tertiary/aromatic N) is 2. The Bertz CT molecular complexity index is 496. The summed E-state index contributed by atoms with van der Waals surface area (Å²) in [6, 6.07) is 0. The number of nitrogens with one attached hydrogen (secondary N) is 1. The molecule has 0 amide bonds. The van der Waals surface area contributed by atoms with E-state index in [9.17, 15) is 4.79 Å². The number of aromatic amines is 1. The molecule has 3 heterocycles. The molecule has 0 atom stereocenters. The fourth-order valence-electron chi connectivity index (χ4n) is 3.07. The summed E-state index contributed by atoms with van der Waals surface area (Å²) in [6.07, 6.45) is 5.95. The van der Waals surface area contributed by atoms with Gasteiger partial charge in [-0.25, -0.2) is 4.98 Å². The van der Waals surface area contributed by atoms with Crippen molar-refractivity contribution in [3.05, 3.63) is 22.2 Å². The Morgan fingerprint density at radius 1 is 1.33 bits per heavy atom. The fourth-order valence-corrected chi connectivity index (χ4v) is 3.07. The van der Waals surface area contributed by atoms with Crippen LogP contribution in [-0.2, 0) is 11.2 Å². The molecule has 1 aromatic heterocycles. The number of aryl methyl sites for hydroxylation is 1. The zero-order chi connectivity index (χ0) is 15.3. The molecule has 2 aliphatic rings. The van der Waals surface area contributed by atoms with Crippen LogP contribution in [0.5, 0.6) is 0 Å². The Balaban J connectivity index is 0.000000774. The third-order valence-corrected chi connectivity index (χ3v) is 4.51. The van der Waals surface area contributed by atoms with Crippen LogP contribution in [0.3, 0.4) is 0 Å². The summed E-state index contributed by atoms with van der Waals surface area (Å²) in [7, 11) is 0. The largest absolute Gasteiger partial charge is 0.381 e. The van der Waals surface area contributed by atoms with Crippen molar-refractivity contribution >= 4 is 5.82 Å². The first-order valence-corrected chi connectivity index (χ1v) is 8.13. The van der Waals surface area contributed by atoms with Gasteiger partial charge in [0.05, 0.1) is 6.61 Å². The van der Waals surface area contributed by atoms with Gasteiger partial charge in [0, 0.05) is 31.6 Å². The average molecular weight is 293 g/mol. The summed E-state index contributed by atoms with van der Waals surface area (Å²) < 4.78 is 5.53. The van der Waals surface area contributed by atoms with Crippen molar-refractivity contribution < 1.29 is 4.74 Å². The van der Waals surface area contributed by atoms with Gasteiger partial charge in [-0.3, -0.25) is 4.79 Å². The van der Waals surface area contributed by atoms with E-state index in [1.165, 1.54) is 6.42 Å². The third kappa shape index (κ3) is 3.46. The molecule has 0 saturated carbocycles. The maximum absolute atomic E-state index is 12.0. The Morgan fingerprint density at radius 3 is 2.57 bits per heavy atom. The number of H-pyrrole nitrogens is 1. The van der Waals surface area contributed by atoms with E-state index >= 15 is 0 Å². The van der Waals surface area contributed by atoms with Crippen LogP contribution in [-0.4, -0.2) is 36.3 Å². The van der Waals surface area contributed by atoms with Crippen molar-refractivity contribution in [3.63, 3.8) is 0 Å². The Hall–Kier alpha value is -1.36. The normalized spacial score (nSPS) is 20.2. The van der Waals surface area contributed by atoms with Crippen molar-refractivity contribution in [1.82, 2.24) is 9.97 Å². The van der Waals surface area contributed by atoms with Crippen LogP contribution in [0.15, 0.2) is 11.0 Å². The maximum atomic E-state index is 12.0. The summed E-state index contributed by atoms with van der Waals surface area (Å²) in [5.41, 5.74) is 1.21. The van der Waals surface area contributed by atoms with Gasteiger partial charge in [-0.2, -0.15) is 0 Å². The number of piperidine rings is 1. The maximum Gasteiger partial charge on any atom is 0.291 e. The molecule has 2 fully saturated rings. The molecule has 1 aromatic rings. The lowest BCUT2D eigenvalue weighted by molar-refractivity contribution is 0.133. The lowest BCUT2D eigenvalue weighted by atomic mass is 9.78. The van der Waals surface area contributed by atoms with Crippen molar-refractivity contribution in [2.45, 2.75) is 46.5 Å². The first kappa shape index (κ1) is 16.0. The van der Waals surface area contributed by atoms with Crippen LogP contribution >= 0.6 is 0 Å². The lowest BCUT2D eigenvalue weighted by Gasteiger charge is -2.38. The predicted octanol–water partition coefficient (Wildman–Crippen LogP) is 2.37. The highest BCUT2D eigenvalue weighted by molar-refractivity contribution is 5.36. The molecule has 2 saturated heterocycles. The SMILES string of the molecule is CC.CCc1cnc(N2CCC3(CCOC3)CC2)c(=O)[nH]1. The number of hydrogen-bond acceptors (Lipinski definition) is 4. The van der Waals surface area contributed by atoms with Gasteiger partial charge in [-0.1, -0.05) is 20.8 Å². The van der Waals surface area contributed by atoms with Gasteiger partial charge in [0.25, 0.3) is 5.56 Å². The molecular formula is C16H27N3O2. The van der Waals surface area contributed by atoms with Crippen molar-refractivity contribution in [1.29, 1.82) is 0 Å². The van der Waals surface area contributed by atoms with E-state index in [0.717, 1.165) is 51.3 Å². The second kappa shape index (κ2) is 7.07. The fraction of sp³-hybridized carbons (Fsp3) is 0.750. The number of ether oxygens (including phenoxy) is 1. The van der Waals surface area contributed by atoms with Gasteiger partial charge in [-0.15, -0.1) is 0 Å². The van der Waals surface area contributed by atoms with Gasteiger partial charge in [-0.05, 0) is 31.1 Å². The third-order valence-electron chi connectivity index (χ3n) is 4.51. The van der Waals surface area contributed by atoms with E-state index in [-0.39, 0.29) is 5.56 Å². The molecule has 1 spiro atoms. The summed E-state index contributed by atoms with van der Waals surface area (Å²) in [5, 5.41) is 0. The highest BCUT2D eigenvalue weighted by atomic mass is 16.5. The second-order valence-corrected chi connectivity index (χ2v) is 5.70. The minimum atomic E-state index is -0.0574. The van der Waals surface area contributed by atoms with Crippen LogP contribution in [0.25, 0.3) is 0 Å². The average Bonchev–Trinajstić information content (AvgIpc) is 2.98. The van der Waals surface area contributed by atoms with Gasteiger partial charge in [0.15, 0.2) is 5.82 Å². The number of hydrogen-bond donors (Lipinski definition) is 1. The van der Waals surface area contributed by atoms with Crippen molar-refractivity contribution in [2.75, 3.05) is 31.2 Å². The monoisotopic (exact) mass is 293 g/mol. The Kier molecular flexibility index (Phi) is 5.39. The molecule has 0 unspecified atom stereocenters. The van der Waals surface area contributed by atoms with Crippen LogP contribution in [0.1, 0.15) is 45.7 Å². The van der Waals surface area contributed by atoms with E-state index in [0.29, 0.717) is 11.2 Å². The highest BCUT2D eigenvalue weighted by Gasteiger charge is 2.38. The molecule has 21 heavy (non-hydrogen) atoms. The predicted molar refractivity (Wildman–Crippen MR) is 84.9 cm³/mol. The molecule has 3 rings (SSSR count). The van der Waals surface area contributed by atoms with E-state index in [2.05, 4.69) is 14.9 Å². The molecule has 5 heteroatoms. The topological polar surface area (TPSA) is 58.2 Å². The minimum Gasteiger partial charge on any atom is -0.381 e. The molecule has 5 nitrogen and oxygen atoms in total. The highest BCUT2D eigenvalue weighted by Crippen LogP contribution is 2.39. The summed E-state index contributed by atoms with van der Waals surface area (Å²) >= 11 is 0. The smallest absolute Gasteiger partial charge is 0.291 e. The molecule has 1 N–H and O–H groups in total. The van der Waals surface area contributed by atoms with E-state index in [4.69, 9.17) is 4.74 Å². The zero-order valence-corrected chi connectivity index (χ0v) is 13.4. The summed E-state index contributed by atoms with van der Waals surface area (Å²) in [6.45, 7) is 9.61. The van der Waals surface area contributed by atoms with Crippen LogP contribution < -0.4 is 10.5 Å². The number of aromatic nitrogens is 2. The van der Waals surface area contributed by atoms with E-state index in [1.54, 1.807) is 6.20 Å². The van der Waals surface area contributed by atoms with Crippen molar-refractivity contribution in [2.24, 2.45) is 5.41 Å².